The van der Waals surface area contributed by atoms with Crippen LogP contribution in [0.15, 0.2) is 24.3 Å². The molecule has 0 aliphatic heterocycles. The molecule has 170 valence electrons. The molecule has 30 heavy (non-hydrogen) atoms. The standard InChI is InChI=1S/C22H37NO6Si/c1-21(2,3)28-20(25)18(29-30(9,10)22(4,5)6)15-27-17-13-11-16(12-14-17)19(24)23(7)26-8/h11-14,18H,15H2,1-10H3/t18-/m1/s1. The lowest BCUT2D eigenvalue weighted by Crippen LogP contribution is -2.49. The SMILES string of the molecule is CON(C)C(=O)c1ccc(OC[C@@H](O[Si](C)(C)C(C)(C)C)C(=O)OC(C)(C)C)cc1. The molecular weight excluding hydrogens is 402 g/mol. The molecule has 0 saturated carbocycles. The highest BCUT2D eigenvalue weighted by Crippen LogP contribution is 2.37. The first-order valence-electron chi connectivity index (χ1n) is 10.0. The highest BCUT2D eigenvalue weighted by atomic mass is 28.4. The van der Waals surface area contributed by atoms with Gasteiger partial charge in [0.2, 0.25) is 0 Å². The van der Waals surface area contributed by atoms with Gasteiger partial charge in [0.1, 0.15) is 18.0 Å². The highest BCUT2D eigenvalue weighted by Gasteiger charge is 2.42. The van der Waals surface area contributed by atoms with Crippen LogP contribution < -0.4 is 4.74 Å². The van der Waals surface area contributed by atoms with Gasteiger partial charge in [-0.05, 0) is 63.2 Å². The molecule has 1 atom stereocenters. The second-order valence-electron chi connectivity index (χ2n) is 9.72. The van der Waals surface area contributed by atoms with Gasteiger partial charge in [-0.3, -0.25) is 9.63 Å². The summed E-state index contributed by atoms with van der Waals surface area (Å²) in [4.78, 5) is 29.8. The van der Waals surface area contributed by atoms with E-state index in [4.69, 9.17) is 18.7 Å². The van der Waals surface area contributed by atoms with E-state index in [0.717, 1.165) is 5.06 Å². The molecule has 0 unspecified atom stereocenters. The molecule has 0 heterocycles. The summed E-state index contributed by atoms with van der Waals surface area (Å²) in [6.45, 7) is 16.0. The van der Waals surface area contributed by atoms with Crippen LogP contribution in [0.3, 0.4) is 0 Å². The fraction of sp³-hybridized carbons (Fsp3) is 0.636. The Labute approximate surface area is 181 Å². The Kier molecular flexibility index (Phi) is 8.65. The van der Waals surface area contributed by atoms with Gasteiger partial charge >= 0.3 is 5.97 Å². The molecule has 0 aromatic heterocycles. The maximum Gasteiger partial charge on any atom is 0.338 e. The predicted molar refractivity (Wildman–Crippen MR) is 119 cm³/mol. The Morgan fingerprint density at radius 1 is 1.03 bits per heavy atom. The number of hydroxylamine groups is 2. The summed E-state index contributed by atoms with van der Waals surface area (Å²) in [5, 5.41) is 1.07. The van der Waals surface area contributed by atoms with Gasteiger partial charge in [0, 0.05) is 12.6 Å². The average molecular weight is 440 g/mol. The minimum Gasteiger partial charge on any atom is -0.490 e. The van der Waals surface area contributed by atoms with E-state index in [1.54, 1.807) is 24.3 Å². The van der Waals surface area contributed by atoms with Crippen LogP contribution >= 0.6 is 0 Å². The molecule has 0 aliphatic rings. The average Bonchev–Trinajstić information content (AvgIpc) is 2.61. The lowest BCUT2D eigenvalue weighted by atomic mass is 10.2. The number of rotatable bonds is 8. The summed E-state index contributed by atoms with van der Waals surface area (Å²) in [7, 11) is 0.733. The number of amides is 1. The largest absolute Gasteiger partial charge is 0.490 e. The first-order valence-corrected chi connectivity index (χ1v) is 12.9. The zero-order valence-corrected chi connectivity index (χ0v) is 21.0. The van der Waals surface area contributed by atoms with Crippen LogP contribution in [0.2, 0.25) is 18.1 Å². The topological polar surface area (TPSA) is 74.3 Å². The molecular formula is C22H37NO6Si. The van der Waals surface area contributed by atoms with E-state index >= 15 is 0 Å². The van der Waals surface area contributed by atoms with Crippen molar-refractivity contribution in [2.45, 2.75) is 71.4 Å². The number of carbonyl (C=O) groups excluding carboxylic acids is 2. The van der Waals surface area contributed by atoms with Gasteiger partial charge in [0.05, 0.1) is 7.11 Å². The van der Waals surface area contributed by atoms with Crippen molar-refractivity contribution in [3.05, 3.63) is 29.8 Å². The summed E-state index contributed by atoms with van der Waals surface area (Å²) < 4.78 is 17.7. The molecule has 1 rings (SSSR count). The van der Waals surface area contributed by atoms with E-state index in [1.165, 1.54) is 14.2 Å². The molecule has 1 amide bonds. The van der Waals surface area contributed by atoms with E-state index in [0.29, 0.717) is 11.3 Å². The van der Waals surface area contributed by atoms with Crippen molar-refractivity contribution in [3.63, 3.8) is 0 Å². The van der Waals surface area contributed by atoms with Crippen molar-refractivity contribution in [1.29, 1.82) is 0 Å². The van der Waals surface area contributed by atoms with E-state index < -0.39 is 26.0 Å². The molecule has 0 spiro atoms. The Bertz CT molecular complexity index is 719. The number of benzene rings is 1. The normalized spacial score (nSPS) is 13.5. The van der Waals surface area contributed by atoms with Crippen molar-refractivity contribution >= 4 is 20.2 Å². The molecule has 0 fully saturated rings. The van der Waals surface area contributed by atoms with Crippen molar-refractivity contribution in [2.24, 2.45) is 0 Å². The van der Waals surface area contributed by atoms with Crippen LogP contribution in [-0.4, -0.2) is 57.7 Å². The lowest BCUT2D eigenvalue weighted by Gasteiger charge is -2.39. The third-order valence-electron chi connectivity index (χ3n) is 4.98. The van der Waals surface area contributed by atoms with Crippen LogP contribution in [0.4, 0.5) is 0 Å². The smallest absolute Gasteiger partial charge is 0.338 e. The summed E-state index contributed by atoms with van der Waals surface area (Å²) >= 11 is 0. The predicted octanol–water partition coefficient (Wildman–Crippen LogP) is 4.43. The summed E-state index contributed by atoms with van der Waals surface area (Å²) in [5.74, 6) is -0.184. The molecule has 1 aromatic carbocycles. The zero-order valence-electron chi connectivity index (χ0n) is 20.0. The Hall–Kier alpha value is -1.90. The fourth-order valence-corrected chi connectivity index (χ4v) is 3.41. The van der Waals surface area contributed by atoms with E-state index in [-0.39, 0.29) is 17.6 Å². The van der Waals surface area contributed by atoms with E-state index in [9.17, 15) is 9.59 Å². The first-order chi connectivity index (χ1) is 13.6. The molecule has 0 radical (unpaired) electrons. The van der Waals surface area contributed by atoms with E-state index in [1.807, 2.05) is 20.8 Å². The fourth-order valence-electron chi connectivity index (χ4n) is 2.18. The van der Waals surface area contributed by atoms with Gasteiger partial charge in [0.25, 0.3) is 5.91 Å². The van der Waals surface area contributed by atoms with Crippen LogP contribution in [0, 0.1) is 0 Å². The molecule has 0 aliphatic carbocycles. The van der Waals surface area contributed by atoms with Gasteiger partial charge in [-0.15, -0.1) is 0 Å². The first kappa shape index (κ1) is 26.1. The number of ether oxygens (including phenoxy) is 2. The maximum atomic E-state index is 12.8. The van der Waals surface area contributed by atoms with Gasteiger partial charge in [-0.2, -0.15) is 0 Å². The number of hydrogen-bond donors (Lipinski definition) is 0. The summed E-state index contributed by atoms with van der Waals surface area (Å²) in [6, 6.07) is 6.64. The van der Waals surface area contributed by atoms with Gasteiger partial charge in [0.15, 0.2) is 14.4 Å². The monoisotopic (exact) mass is 439 g/mol. The molecule has 0 N–H and O–H groups in total. The van der Waals surface area contributed by atoms with E-state index in [2.05, 4.69) is 33.9 Å². The third-order valence-corrected chi connectivity index (χ3v) is 9.46. The maximum absolute atomic E-state index is 12.8. The number of hydrogen-bond acceptors (Lipinski definition) is 6. The summed E-state index contributed by atoms with van der Waals surface area (Å²) in [5.41, 5.74) is -0.158. The Morgan fingerprint density at radius 3 is 2.00 bits per heavy atom. The van der Waals surface area contributed by atoms with Gasteiger partial charge in [-0.25, -0.2) is 9.86 Å². The molecule has 1 aromatic rings. The van der Waals surface area contributed by atoms with Gasteiger partial charge in [-0.1, -0.05) is 20.8 Å². The lowest BCUT2D eigenvalue weighted by molar-refractivity contribution is -0.165. The second kappa shape index (κ2) is 9.94. The summed E-state index contributed by atoms with van der Waals surface area (Å²) in [6.07, 6.45) is -0.842. The second-order valence-corrected chi connectivity index (χ2v) is 14.5. The van der Waals surface area contributed by atoms with Crippen molar-refractivity contribution < 1.29 is 28.3 Å². The van der Waals surface area contributed by atoms with Gasteiger partial charge < -0.3 is 13.9 Å². The molecule has 7 nitrogen and oxygen atoms in total. The molecule has 0 bridgehead atoms. The third kappa shape index (κ3) is 7.74. The van der Waals surface area contributed by atoms with Crippen LogP contribution in [0.1, 0.15) is 51.9 Å². The van der Waals surface area contributed by atoms with Crippen molar-refractivity contribution in [2.75, 3.05) is 20.8 Å². The van der Waals surface area contributed by atoms with Crippen LogP contribution in [0.5, 0.6) is 5.75 Å². The Morgan fingerprint density at radius 2 is 1.57 bits per heavy atom. The number of carbonyl (C=O) groups is 2. The Balaban J connectivity index is 2.94. The molecule has 0 saturated heterocycles. The minimum atomic E-state index is -2.23. The van der Waals surface area contributed by atoms with Crippen molar-refractivity contribution in [1.82, 2.24) is 5.06 Å². The molecule has 8 heteroatoms. The van der Waals surface area contributed by atoms with Crippen LogP contribution in [-0.2, 0) is 18.8 Å². The number of nitrogens with zero attached hydrogens (tertiary/aromatic N) is 1. The minimum absolute atomic E-state index is 0.0205. The van der Waals surface area contributed by atoms with Crippen LogP contribution in [0.25, 0.3) is 0 Å². The highest BCUT2D eigenvalue weighted by molar-refractivity contribution is 6.74. The van der Waals surface area contributed by atoms with Crippen molar-refractivity contribution in [3.8, 4) is 5.75 Å². The quantitative estimate of drug-likeness (QED) is 0.339. The number of esters is 1. The zero-order chi connectivity index (χ0) is 23.3.